The molecule has 15 heavy (non-hydrogen) atoms. The smallest absolute Gasteiger partial charge is 0.232 e. The van der Waals surface area contributed by atoms with E-state index in [-0.39, 0.29) is 29.7 Å². The first-order valence-electron chi connectivity index (χ1n) is 4.88. The first-order chi connectivity index (χ1) is 7.09. The number of carbonyl (C=O) groups is 3. The predicted octanol–water partition coefficient (Wildman–Crippen LogP) is -0.660. The van der Waals surface area contributed by atoms with Gasteiger partial charge >= 0.3 is 0 Å². The quantitative estimate of drug-likeness (QED) is 0.443. The fourth-order valence-electron chi connectivity index (χ4n) is 2.17. The van der Waals surface area contributed by atoms with Crippen LogP contribution in [0.15, 0.2) is 12.2 Å². The van der Waals surface area contributed by atoms with Crippen LogP contribution in [-0.4, -0.2) is 23.8 Å². The Kier molecular flexibility index (Phi) is 2.30. The van der Waals surface area contributed by atoms with Crippen LogP contribution >= 0.6 is 0 Å². The first-order valence-corrected chi connectivity index (χ1v) is 4.88. The van der Waals surface area contributed by atoms with E-state index in [9.17, 15) is 14.4 Å². The fourth-order valence-corrected chi connectivity index (χ4v) is 2.17. The van der Waals surface area contributed by atoms with Gasteiger partial charge in [0.25, 0.3) is 0 Å². The van der Waals surface area contributed by atoms with Crippen LogP contribution in [0.1, 0.15) is 13.3 Å². The molecule has 3 amide bonds. The third kappa shape index (κ3) is 1.65. The van der Waals surface area contributed by atoms with Crippen molar-refractivity contribution in [3.63, 3.8) is 0 Å². The largest absolute Gasteiger partial charge is 0.349 e. The Hall–Kier alpha value is -1.65. The van der Waals surface area contributed by atoms with Gasteiger partial charge in [-0.3, -0.25) is 19.7 Å². The molecule has 1 saturated heterocycles. The van der Waals surface area contributed by atoms with Crippen LogP contribution in [0, 0.1) is 11.8 Å². The van der Waals surface area contributed by atoms with Gasteiger partial charge in [-0.1, -0.05) is 12.2 Å². The van der Waals surface area contributed by atoms with Crippen LogP contribution in [0.4, 0.5) is 0 Å². The number of hydrogen-bond donors (Lipinski definition) is 2. The Morgan fingerprint density at radius 1 is 1.47 bits per heavy atom. The van der Waals surface area contributed by atoms with Crippen molar-refractivity contribution in [3.8, 4) is 0 Å². The van der Waals surface area contributed by atoms with E-state index in [1.807, 2.05) is 6.08 Å². The number of imide groups is 1. The highest BCUT2D eigenvalue weighted by Crippen LogP contribution is 2.30. The molecule has 80 valence electrons. The monoisotopic (exact) mass is 208 g/mol. The fraction of sp³-hybridized carbons (Fsp3) is 0.500. The van der Waals surface area contributed by atoms with Crippen molar-refractivity contribution in [1.29, 1.82) is 0 Å². The van der Waals surface area contributed by atoms with E-state index in [1.165, 1.54) is 6.92 Å². The van der Waals surface area contributed by atoms with Gasteiger partial charge < -0.3 is 5.32 Å². The third-order valence-electron chi connectivity index (χ3n) is 2.81. The van der Waals surface area contributed by atoms with Gasteiger partial charge in [-0.2, -0.15) is 0 Å². The molecule has 5 heteroatoms. The van der Waals surface area contributed by atoms with E-state index in [0.717, 1.165) is 0 Å². The lowest BCUT2D eigenvalue weighted by Gasteiger charge is -2.26. The number of allylic oxidation sites excluding steroid dienone is 1. The molecule has 5 nitrogen and oxygen atoms in total. The summed E-state index contributed by atoms with van der Waals surface area (Å²) in [6, 6.07) is -0.354. The third-order valence-corrected chi connectivity index (χ3v) is 2.81. The van der Waals surface area contributed by atoms with Crippen molar-refractivity contribution in [2.75, 3.05) is 0 Å². The average molecular weight is 208 g/mol. The molecule has 0 bridgehead atoms. The van der Waals surface area contributed by atoms with Crippen LogP contribution in [0.25, 0.3) is 0 Å². The van der Waals surface area contributed by atoms with E-state index >= 15 is 0 Å². The molecule has 1 fully saturated rings. The summed E-state index contributed by atoms with van der Waals surface area (Å²) in [4.78, 5) is 33.8. The maximum atomic E-state index is 11.5. The lowest BCUT2D eigenvalue weighted by atomic mass is 9.81. The van der Waals surface area contributed by atoms with Gasteiger partial charge in [0.05, 0.1) is 17.9 Å². The predicted molar refractivity (Wildman–Crippen MR) is 51.5 cm³/mol. The highest BCUT2D eigenvalue weighted by atomic mass is 16.2. The van der Waals surface area contributed by atoms with Crippen molar-refractivity contribution >= 4 is 17.7 Å². The maximum Gasteiger partial charge on any atom is 0.232 e. The first kappa shape index (κ1) is 9.89. The van der Waals surface area contributed by atoms with E-state index in [2.05, 4.69) is 10.6 Å². The molecule has 0 unspecified atom stereocenters. The zero-order valence-electron chi connectivity index (χ0n) is 8.32. The van der Waals surface area contributed by atoms with E-state index in [0.29, 0.717) is 6.42 Å². The molecule has 0 spiro atoms. The highest BCUT2D eigenvalue weighted by Gasteiger charge is 2.46. The normalized spacial score (nSPS) is 33.5. The van der Waals surface area contributed by atoms with Gasteiger partial charge in [0.2, 0.25) is 17.7 Å². The highest BCUT2D eigenvalue weighted by molar-refractivity contribution is 6.06. The van der Waals surface area contributed by atoms with Crippen LogP contribution in [0.2, 0.25) is 0 Å². The molecule has 1 heterocycles. The van der Waals surface area contributed by atoms with E-state index < -0.39 is 5.92 Å². The Balaban J connectivity index is 2.22. The molecule has 2 N–H and O–H groups in total. The second kappa shape index (κ2) is 3.49. The van der Waals surface area contributed by atoms with Crippen molar-refractivity contribution < 1.29 is 14.4 Å². The van der Waals surface area contributed by atoms with Gasteiger partial charge in [-0.25, -0.2) is 0 Å². The van der Waals surface area contributed by atoms with E-state index in [1.54, 1.807) is 6.08 Å². The number of amides is 3. The van der Waals surface area contributed by atoms with Crippen LogP contribution in [-0.2, 0) is 14.4 Å². The Bertz CT molecular complexity index is 362. The number of fused-ring (bicyclic) bond motifs is 1. The molecular formula is C10H12N2O3. The molecule has 1 aliphatic carbocycles. The summed E-state index contributed by atoms with van der Waals surface area (Å²) in [5, 5.41) is 4.96. The van der Waals surface area contributed by atoms with Crippen molar-refractivity contribution in [2.45, 2.75) is 19.4 Å². The minimum Gasteiger partial charge on any atom is -0.349 e. The second-order valence-corrected chi connectivity index (χ2v) is 3.88. The van der Waals surface area contributed by atoms with Crippen molar-refractivity contribution in [1.82, 2.24) is 10.6 Å². The van der Waals surface area contributed by atoms with Crippen LogP contribution in [0.5, 0.6) is 0 Å². The molecular weight excluding hydrogens is 196 g/mol. The lowest BCUT2D eigenvalue weighted by molar-refractivity contribution is -0.126. The van der Waals surface area contributed by atoms with Crippen molar-refractivity contribution in [2.24, 2.45) is 11.8 Å². The second-order valence-electron chi connectivity index (χ2n) is 3.88. The summed E-state index contributed by atoms with van der Waals surface area (Å²) >= 11 is 0. The summed E-state index contributed by atoms with van der Waals surface area (Å²) in [6.45, 7) is 1.39. The molecule has 3 atom stereocenters. The Morgan fingerprint density at radius 2 is 2.20 bits per heavy atom. The van der Waals surface area contributed by atoms with Crippen LogP contribution in [0.3, 0.4) is 0 Å². The molecule has 2 aliphatic rings. The minimum absolute atomic E-state index is 0.197. The Labute approximate surface area is 86.9 Å². The van der Waals surface area contributed by atoms with Crippen LogP contribution < -0.4 is 10.6 Å². The SMILES string of the molecule is CC(=O)N[C@H]1C=CC[C@H]2C(=O)NC(=O)[C@@H]12. The minimum atomic E-state index is -0.439. The van der Waals surface area contributed by atoms with Gasteiger partial charge in [0.15, 0.2) is 0 Å². The van der Waals surface area contributed by atoms with Gasteiger partial charge in [0.1, 0.15) is 0 Å². The molecule has 0 aromatic carbocycles. The van der Waals surface area contributed by atoms with Gasteiger partial charge in [-0.05, 0) is 6.42 Å². The summed E-state index contributed by atoms with van der Waals surface area (Å²) in [7, 11) is 0. The van der Waals surface area contributed by atoms with E-state index in [4.69, 9.17) is 0 Å². The summed E-state index contributed by atoms with van der Waals surface area (Å²) in [5.74, 6) is -1.47. The molecule has 0 aromatic heterocycles. The lowest BCUT2D eigenvalue weighted by Crippen LogP contribution is -2.44. The molecule has 0 radical (unpaired) electrons. The summed E-state index contributed by atoms with van der Waals surface area (Å²) in [6.07, 6.45) is 4.18. The molecule has 2 rings (SSSR count). The molecule has 1 aliphatic heterocycles. The zero-order chi connectivity index (χ0) is 11.0. The number of nitrogens with one attached hydrogen (secondary N) is 2. The standard InChI is InChI=1S/C10H12N2O3/c1-5(13)11-7-4-2-3-6-8(7)10(15)12-9(6)14/h2,4,6-8H,3H2,1H3,(H,11,13)(H,12,14,15)/t6-,7+,8-/m1/s1. The maximum absolute atomic E-state index is 11.5. The van der Waals surface area contributed by atoms with Crippen molar-refractivity contribution in [3.05, 3.63) is 12.2 Å². The Morgan fingerprint density at radius 3 is 2.87 bits per heavy atom. The number of rotatable bonds is 1. The summed E-state index contributed by atoms with van der Waals surface area (Å²) in [5.41, 5.74) is 0. The topological polar surface area (TPSA) is 75.3 Å². The van der Waals surface area contributed by atoms with Gasteiger partial charge in [-0.15, -0.1) is 0 Å². The summed E-state index contributed by atoms with van der Waals surface area (Å²) < 4.78 is 0. The number of hydrogen-bond acceptors (Lipinski definition) is 3. The zero-order valence-corrected chi connectivity index (χ0v) is 8.32. The van der Waals surface area contributed by atoms with Gasteiger partial charge in [0, 0.05) is 6.92 Å². The average Bonchev–Trinajstić information content (AvgIpc) is 2.43. The molecule has 0 aromatic rings. The number of carbonyl (C=O) groups excluding carboxylic acids is 3. The molecule has 0 saturated carbocycles.